The Morgan fingerprint density at radius 3 is 2.81 bits per heavy atom. The highest BCUT2D eigenvalue weighted by atomic mass is 19.1. The van der Waals surface area contributed by atoms with Crippen molar-refractivity contribution in [3.63, 3.8) is 0 Å². The van der Waals surface area contributed by atoms with Gasteiger partial charge in [0.05, 0.1) is 23.7 Å². The molecule has 0 bridgehead atoms. The van der Waals surface area contributed by atoms with Gasteiger partial charge in [-0.15, -0.1) is 0 Å². The zero-order chi connectivity index (χ0) is 18.8. The lowest BCUT2D eigenvalue weighted by Crippen LogP contribution is -2.37. The molecule has 0 aliphatic carbocycles. The van der Waals surface area contributed by atoms with E-state index in [2.05, 4.69) is 15.5 Å². The second-order valence-electron chi connectivity index (χ2n) is 6.77. The van der Waals surface area contributed by atoms with E-state index in [9.17, 15) is 14.0 Å². The second kappa shape index (κ2) is 7.19. The SMILES string of the molecule is O=C(Cc1[nH]nc2ccccc12)N[C@@H]1CC(=O)N(Cc2ccc(F)cc2)C1. The first-order chi connectivity index (χ1) is 13.1. The summed E-state index contributed by atoms with van der Waals surface area (Å²) in [6.45, 7) is 0.863. The third-order valence-electron chi connectivity index (χ3n) is 4.74. The summed E-state index contributed by atoms with van der Waals surface area (Å²) in [4.78, 5) is 26.3. The molecule has 2 amide bonds. The predicted octanol–water partition coefficient (Wildman–Crippen LogP) is 2.16. The number of hydrogen-bond acceptors (Lipinski definition) is 3. The molecule has 1 atom stereocenters. The maximum absolute atomic E-state index is 13.0. The number of likely N-dealkylation sites (tertiary alicyclic amines) is 1. The molecule has 0 unspecified atom stereocenters. The zero-order valence-electron chi connectivity index (χ0n) is 14.6. The molecule has 1 aliphatic rings. The van der Waals surface area contributed by atoms with Gasteiger partial charge in [0.15, 0.2) is 0 Å². The number of amides is 2. The van der Waals surface area contributed by atoms with Crippen LogP contribution in [0.2, 0.25) is 0 Å². The molecular formula is C20H19FN4O2. The number of rotatable bonds is 5. The van der Waals surface area contributed by atoms with Crippen molar-refractivity contribution in [2.45, 2.75) is 25.4 Å². The molecule has 1 aromatic heterocycles. The van der Waals surface area contributed by atoms with E-state index in [4.69, 9.17) is 0 Å². The fourth-order valence-electron chi connectivity index (χ4n) is 3.42. The van der Waals surface area contributed by atoms with Gasteiger partial charge >= 0.3 is 0 Å². The van der Waals surface area contributed by atoms with Gasteiger partial charge in [0.25, 0.3) is 0 Å². The number of aromatic amines is 1. The van der Waals surface area contributed by atoms with Crippen molar-refractivity contribution >= 4 is 22.7 Å². The minimum absolute atomic E-state index is 0.0170. The number of para-hydroxylation sites is 1. The number of fused-ring (bicyclic) bond motifs is 1. The summed E-state index contributed by atoms with van der Waals surface area (Å²) in [5, 5.41) is 10.9. The summed E-state index contributed by atoms with van der Waals surface area (Å²) in [7, 11) is 0. The van der Waals surface area contributed by atoms with Gasteiger partial charge in [-0.3, -0.25) is 14.7 Å². The molecule has 27 heavy (non-hydrogen) atoms. The molecular weight excluding hydrogens is 347 g/mol. The molecule has 2 N–H and O–H groups in total. The molecule has 1 fully saturated rings. The van der Waals surface area contributed by atoms with E-state index in [1.807, 2.05) is 24.3 Å². The number of carbonyl (C=O) groups is 2. The molecule has 7 heteroatoms. The van der Waals surface area contributed by atoms with Crippen molar-refractivity contribution in [2.24, 2.45) is 0 Å². The highest BCUT2D eigenvalue weighted by molar-refractivity contribution is 5.88. The quantitative estimate of drug-likeness (QED) is 0.726. The number of nitrogens with zero attached hydrogens (tertiary/aromatic N) is 2. The van der Waals surface area contributed by atoms with Crippen molar-refractivity contribution in [1.82, 2.24) is 20.4 Å². The Kier molecular flexibility index (Phi) is 4.58. The smallest absolute Gasteiger partial charge is 0.226 e. The van der Waals surface area contributed by atoms with Gasteiger partial charge in [0, 0.05) is 24.9 Å². The molecule has 1 saturated heterocycles. The van der Waals surface area contributed by atoms with E-state index >= 15 is 0 Å². The van der Waals surface area contributed by atoms with Gasteiger partial charge in [0.1, 0.15) is 5.82 Å². The van der Waals surface area contributed by atoms with Crippen molar-refractivity contribution in [3.05, 3.63) is 65.6 Å². The fraction of sp³-hybridized carbons (Fsp3) is 0.250. The average molecular weight is 366 g/mol. The summed E-state index contributed by atoms with van der Waals surface area (Å²) in [6, 6.07) is 13.5. The molecule has 4 rings (SSSR count). The Morgan fingerprint density at radius 1 is 1.22 bits per heavy atom. The molecule has 2 heterocycles. The summed E-state index contributed by atoms with van der Waals surface area (Å²) >= 11 is 0. The molecule has 3 aromatic rings. The van der Waals surface area contributed by atoms with E-state index in [0.717, 1.165) is 22.2 Å². The van der Waals surface area contributed by atoms with Crippen molar-refractivity contribution in [1.29, 1.82) is 0 Å². The summed E-state index contributed by atoms with van der Waals surface area (Å²) in [5.74, 6) is -0.467. The lowest BCUT2D eigenvalue weighted by atomic mass is 10.1. The van der Waals surface area contributed by atoms with Crippen molar-refractivity contribution in [2.75, 3.05) is 6.54 Å². The van der Waals surface area contributed by atoms with Crippen LogP contribution in [-0.2, 0) is 22.6 Å². The molecule has 2 aromatic carbocycles. The largest absolute Gasteiger partial charge is 0.351 e. The molecule has 0 saturated carbocycles. The lowest BCUT2D eigenvalue weighted by molar-refractivity contribution is -0.128. The maximum atomic E-state index is 13.0. The Balaban J connectivity index is 1.35. The topological polar surface area (TPSA) is 78.1 Å². The van der Waals surface area contributed by atoms with Crippen LogP contribution < -0.4 is 5.32 Å². The Labute approximate surface area is 155 Å². The number of H-pyrrole nitrogens is 1. The zero-order valence-corrected chi connectivity index (χ0v) is 14.6. The van der Waals surface area contributed by atoms with Crippen molar-refractivity contribution < 1.29 is 14.0 Å². The normalized spacial score (nSPS) is 16.9. The maximum Gasteiger partial charge on any atom is 0.226 e. The van der Waals surface area contributed by atoms with Gasteiger partial charge in [-0.2, -0.15) is 5.10 Å². The van der Waals surface area contributed by atoms with Crippen molar-refractivity contribution in [3.8, 4) is 0 Å². The lowest BCUT2D eigenvalue weighted by Gasteiger charge is -2.17. The van der Waals surface area contributed by atoms with Crippen LogP contribution in [0.15, 0.2) is 48.5 Å². The summed E-state index contributed by atoms with van der Waals surface area (Å²) in [5.41, 5.74) is 2.44. The molecule has 0 spiro atoms. The fourth-order valence-corrected chi connectivity index (χ4v) is 3.42. The van der Waals surface area contributed by atoms with Crippen LogP contribution in [0.25, 0.3) is 10.9 Å². The van der Waals surface area contributed by atoms with Gasteiger partial charge < -0.3 is 10.2 Å². The van der Waals surface area contributed by atoms with E-state index in [-0.39, 0.29) is 36.5 Å². The Morgan fingerprint density at radius 2 is 2.00 bits per heavy atom. The first-order valence-corrected chi connectivity index (χ1v) is 8.82. The predicted molar refractivity (Wildman–Crippen MR) is 98.2 cm³/mol. The first-order valence-electron chi connectivity index (χ1n) is 8.82. The van der Waals surface area contributed by atoms with Gasteiger partial charge in [-0.25, -0.2) is 4.39 Å². The van der Waals surface area contributed by atoms with Gasteiger partial charge in [0.2, 0.25) is 11.8 Å². The average Bonchev–Trinajstić information content (AvgIpc) is 3.21. The molecule has 138 valence electrons. The standard InChI is InChI=1S/C20H19FN4O2/c21-14-7-5-13(6-8-14)11-25-12-15(9-20(25)27)22-19(26)10-18-16-3-1-2-4-17(16)23-24-18/h1-8,15H,9-12H2,(H,22,26)(H,23,24)/t15-/m1/s1. The van der Waals surface area contributed by atoms with Crippen LogP contribution in [0, 0.1) is 5.82 Å². The molecule has 0 radical (unpaired) electrons. The van der Waals surface area contributed by atoms with Crippen LogP contribution >= 0.6 is 0 Å². The van der Waals surface area contributed by atoms with E-state index in [1.54, 1.807) is 17.0 Å². The third-order valence-corrected chi connectivity index (χ3v) is 4.74. The van der Waals surface area contributed by atoms with E-state index in [0.29, 0.717) is 13.1 Å². The van der Waals surface area contributed by atoms with E-state index in [1.165, 1.54) is 12.1 Å². The second-order valence-corrected chi connectivity index (χ2v) is 6.77. The third kappa shape index (κ3) is 3.81. The highest BCUT2D eigenvalue weighted by Crippen LogP contribution is 2.17. The summed E-state index contributed by atoms with van der Waals surface area (Å²) < 4.78 is 13.0. The highest BCUT2D eigenvalue weighted by Gasteiger charge is 2.30. The minimum atomic E-state index is -0.303. The summed E-state index contributed by atoms with van der Waals surface area (Å²) in [6.07, 6.45) is 0.458. The number of nitrogens with one attached hydrogen (secondary N) is 2. The monoisotopic (exact) mass is 366 g/mol. The van der Waals surface area contributed by atoms with Crippen LogP contribution in [0.1, 0.15) is 17.7 Å². The number of benzene rings is 2. The van der Waals surface area contributed by atoms with Crippen LogP contribution in [-0.4, -0.2) is 39.5 Å². The van der Waals surface area contributed by atoms with Gasteiger partial charge in [-0.1, -0.05) is 30.3 Å². The van der Waals surface area contributed by atoms with Crippen LogP contribution in [0.4, 0.5) is 4.39 Å². The Bertz CT molecular complexity index is 983. The number of halogens is 1. The van der Waals surface area contributed by atoms with Crippen LogP contribution in [0.5, 0.6) is 0 Å². The first kappa shape index (κ1) is 17.2. The Hall–Kier alpha value is -3.22. The minimum Gasteiger partial charge on any atom is -0.351 e. The number of hydrogen-bond donors (Lipinski definition) is 2. The van der Waals surface area contributed by atoms with E-state index < -0.39 is 0 Å². The number of aromatic nitrogens is 2. The van der Waals surface area contributed by atoms with Crippen LogP contribution in [0.3, 0.4) is 0 Å². The number of carbonyl (C=O) groups excluding carboxylic acids is 2. The van der Waals surface area contributed by atoms with Gasteiger partial charge in [-0.05, 0) is 23.8 Å². The molecule has 1 aliphatic heterocycles. The molecule has 6 nitrogen and oxygen atoms in total.